The first-order valence-corrected chi connectivity index (χ1v) is 14.1. The molecule has 0 radical (unpaired) electrons. The van der Waals surface area contributed by atoms with E-state index in [9.17, 15) is 18.4 Å². The lowest BCUT2D eigenvalue weighted by Gasteiger charge is -2.52. The van der Waals surface area contributed by atoms with Crippen molar-refractivity contribution in [2.45, 2.75) is 62.5 Å². The zero-order valence-electron chi connectivity index (χ0n) is 23.6. The van der Waals surface area contributed by atoms with Crippen molar-refractivity contribution in [3.63, 3.8) is 0 Å². The van der Waals surface area contributed by atoms with Gasteiger partial charge in [0.15, 0.2) is 0 Å². The molecule has 1 saturated carbocycles. The molecule has 1 saturated heterocycles. The maximum absolute atomic E-state index is 13.5. The third-order valence-corrected chi connectivity index (χ3v) is 8.42. The Morgan fingerprint density at radius 1 is 1.17 bits per heavy atom. The van der Waals surface area contributed by atoms with Gasteiger partial charge < -0.3 is 14.6 Å². The van der Waals surface area contributed by atoms with E-state index in [1.807, 2.05) is 42.1 Å². The smallest absolute Gasteiger partial charge is 0.416 e. The summed E-state index contributed by atoms with van der Waals surface area (Å²) in [6.45, 7) is 1.98. The molecule has 9 nitrogen and oxygen atoms in total. The van der Waals surface area contributed by atoms with Crippen molar-refractivity contribution in [3.8, 4) is 23.1 Å². The Balaban J connectivity index is 1.09. The second-order valence-electron chi connectivity index (χ2n) is 11.7. The van der Waals surface area contributed by atoms with Gasteiger partial charge in [-0.05, 0) is 69.6 Å². The second-order valence-corrected chi connectivity index (χ2v) is 11.7. The Morgan fingerprint density at radius 2 is 1.95 bits per heavy atom. The molecular weight excluding hydrogens is 545 g/mol. The maximum Gasteiger partial charge on any atom is 0.416 e. The maximum atomic E-state index is 13.5. The fraction of sp³-hybridized carbons (Fsp3) is 0.467. The monoisotopic (exact) mass is 578 g/mol. The number of hydrogen-bond donors (Lipinski definition) is 1. The third-order valence-electron chi connectivity index (χ3n) is 8.42. The summed E-state index contributed by atoms with van der Waals surface area (Å²) in [5.41, 5.74) is 1.95. The Labute approximate surface area is 241 Å². The van der Waals surface area contributed by atoms with Crippen LogP contribution in [0.25, 0.3) is 22.3 Å². The number of piperidine rings is 1. The Hall–Kier alpha value is -3.95. The zero-order valence-corrected chi connectivity index (χ0v) is 23.6. The molecule has 220 valence electrons. The van der Waals surface area contributed by atoms with Crippen LogP contribution in [0.4, 0.5) is 13.2 Å². The molecule has 4 heterocycles. The predicted molar refractivity (Wildman–Crippen MR) is 150 cm³/mol. The summed E-state index contributed by atoms with van der Waals surface area (Å²) in [6, 6.07) is 8.62. The minimum Gasteiger partial charge on any atom is -0.490 e. The standard InChI is InChI=1S/C30H33F3N8O/c1-39(2)17-20-11-22(30(31,32)33)13-25(12-20)42-24-4-9-40(10-5-24)23-14-29(15-23,6-7-34)41-18-21(16-38-41)27-26-3-8-35-28(26)37-19-36-27/h3,8,11-13,16,18-19,23-24H,4-6,9-10,14-15,17H2,1-2H3,(H,35,36,37). The van der Waals surface area contributed by atoms with Crippen molar-refractivity contribution in [1.29, 1.82) is 5.26 Å². The van der Waals surface area contributed by atoms with Gasteiger partial charge in [-0.25, -0.2) is 9.97 Å². The first-order valence-electron chi connectivity index (χ1n) is 14.1. The van der Waals surface area contributed by atoms with Crippen molar-refractivity contribution in [1.82, 2.24) is 34.5 Å². The highest BCUT2D eigenvalue weighted by Gasteiger charge is 2.49. The summed E-state index contributed by atoms with van der Waals surface area (Å²) in [5, 5.41) is 15.2. The summed E-state index contributed by atoms with van der Waals surface area (Å²) in [7, 11) is 3.65. The van der Waals surface area contributed by atoms with Gasteiger partial charge in [-0.3, -0.25) is 9.58 Å². The summed E-state index contributed by atoms with van der Waals surface area (Å²) < 4.78 is 48.6. The highest BCUT2D eigenvalue weighted by Crippen LogP contribution is 2.46. The quantitative estimate of drug-likeness (QED) is 0.306. The van der Waals surface area contributed by atoms with Gasteiger partial charge in [-0.1, -0.05) is 0 Å². The van der Waals surface area contributed by atoms with E-state index in [2.05, 4.69) is 31.0 Å². The SMILES string of the molecule is CN(C)Cc1cc(OC2CCN(C3CC(CC#N)(n4cc(-c5ncnc6[nH]ccc56)cn4)C3)CC2)cc(C(F)(F)F)c1. The summed E-state index contributed by atoms with van der Waals surface area (Å²) >= 11 is 0. The minimum atomic E-state index is -4.43. The van der Waals surface area contributed by atoms with Gasteiger partial charge in [0.25, 0.3) is 0 Å². The molecule has 2 fully saturated rings. The molecule has 3 aromatic heterocycles. The van der Waals surface area contributed by atoms with Crippen LogP contribution in [0.1, 0.15) is 43.2 Å². The van der Waals surface area contributed by atoms with Crippen LogP contribution < -0.4 is 4.74 Å². The fourth-order valence-electron chi connectivity index (χ4n) is 6.34. The number of alkyl halides is 3. The Kier molecular flexibility index (Phi) is 7.41. The number of aromatic amines is 1. The Bertz CT molecular complexity index is 1590. The van der Waals surface area contributed by atoms with E-state index in [1.54, 1.807) is 12.3 Å². The molecule has 4 aromatic rings. The average Bonchev–Trinajstić information content (AvgIpc) is 3.60. The number of H-pyrrole nitrogens is 1. The average molecular weight is 579 g/mol. The number of fused-ring (bicyclic) bond motifs is 1. The third kappa shape index (κ3) is 5.58. The summed E-state index contributed by atoms with van der Waals surface area (Å²) in [5.74, 6) is 0.270. The van der Waals surface area contributed by atoms with Gasteiger partial charge in [0.05, 0.1) is 35.5 Å². The van der Waals surface area contributed by atoms with Crippen molar-refractivity contribution in [2.24, 2.45) is 0 Å². The van der Waals surface area contributed by atoms with Gasteiger partial charge in [0.1, 0.15) is 23.8 Å². The van der Waals surface area contributed by atoms with Gasteiger partial charge >= 0.3 is 6.18 Å². The van der Waals surface area contributed by atoms with E-state index in [0.717, 1.165) is 67.1 Å². The molecule has 0 atom stereocenters. The fourth-order valence-corrected chi connectivity index (χ4v) is 6.34. The molecule has 1 N–H and O–H groups in total. The molecule has 0 unspecified atom stereocenters. The number of halogens is 3. The highest BCUT2D eigenvalue weighted by molar-refractivity contribution is 5.90. The number of ether oxygens (including phenoxy) is 1. The predicted octanol–water partition coefficient (Wildman–Crippen LogP) is 5.22. The number of rotatable bonds is 8. The minimum absolute atomic E-state index is 0.146. The molecular formula is C30H33F3N8O. The van der Waals surface area contributed by atoms with Crippen LogP contribution in [-0.4, -0.2) is 73.9 Å². The number of benzene rings is 1. The number of nitrogens with zero attached hydrogens (tertiary/aromatic N) is 7. The lowest BCUT2D eigenvalue weighted by atomic mass is 9.69. The van der Waals surface area contributed by atoms with E-state index < -0.39 is 11.7 Å². The molecule has 0 amide bonds. The number of hydrogen-bond acceptors (Lipinski definition) is 7. The lowest BCUT2D eigenvalue weighted by molar-refractivity contribution is -0.137. The molecule has 42 heavy (non-hydrogen) atoms. The van der Waals surface area contributed by atoms with Crippen LogP contribution in [0.15, 0.2) is 49.2 Å². The molecule has 12 heteroatoms. The first-order chi connectivity index (χ1) is 20.1. The van der Waals surface area contributed by atoms with E-state index in [1.165, 1.54) is 12.4 Å². The van der Waals surface area contributed by atoms with Crippen LogP contribution in [0.3, 0.4) is 0 Å². The number of nitriles is 1. The first kappa shape index (κ1) is 28.2. The molecule has 1 aliphatic carbocycles. The van der Waals surface area contributed by atoms with E-state index in [4.69, 9.17) is 4.74 Å². The van der Waals surface area contributed by atoms with Crippen LogP contribution in [0.5, 0.6) is 5.75 Å². The topological polar surface area (TPSA) is 98.9 Å². The van der Waals surface area contributed by atoms with Crippen molar-refractivity contribution < 1.29 is 17.9 Å². The second kappa shape index (κ2) is 11.0. The van der Waals surface area contributed by atoms with E-state index in [-0.39, 0.29) is 17.4 Å². The summed E-state index contributed by atoms with van der Waals surface area (Å²) in [6.07, 6.45) is 5.98. The van der Waals surface area contributed by atoms with E-state index in [0.29, 0.717) is 24.6 Å². The lowest BCUT2D eigenvalue weighted by Crippen LogP contribution is -2.58. The summed E-state index contributed by atoms with van der Waals surface area (Å²) in [4.78, 5) is 16.1. The molecule has 2 aliphatic rings. The zero-order chi connectivity index (χ0) is 29.5. The Morgan fingerprint density at radius 3 is 2.67 bits per heavy atom. The van der Waals surface area contributed by atoms with Crippen molar-refractivity contribution >= 4 is 11.0 Å². The molecule has 0 bridgehead atoms. The number of nitrogens with one attached hydrogen (secondary N) is 1. The highest BCUT2D eigenvalue weighted by atomic mass is 19.4. The largest absolute Gasteiger partial charge is 0.490 e. The number of aromatic nitrogens is 5. The molecule has 1 aromatic carbocycles. The molecule has 0 spiro atoms. The molecule has 1 aliphatic heterocycles. The van der Waals surface area contributed by atoms with Gasteiger partial charge in [0, 0.05) is 49.0 Å². The van der Waals surface area contributed by atoms with Crippen molar-refractivity contribution in [3.05, 3.63) is 60.3 Å². The van der Waals surface area contributed by atoms with Gasteiger partial charge in [0.2, 0.25) is 0 Å². The normalized spacial score (nSPS) is 21.9. The van der Waals surface area contributed by atoms with Gasteiger partial charge in [-0.15, -0.1) is 0 Å². The van der Waals surface area contributed by atoms with Crippen LogP contribution in [-0.2, 0) is 18.3 Å². The molecule has 6 rings (SSSR count). The van der Waals surface area contributed by atoms with Crippen LogP contribution >= 0.6 is 0 Å². The van der Waals surface area contributed by atoms with Crippen molar-refractivity contribution in [2.75, 3.05) is 27.2 Å². The van der Waals surface area contributed by atoms with Crippen LogP contribution in [0, 0.1) is 11.3 Å². The number of likely N-dealkylation sites (tertiary alicyclic amines) is 1. The van der Waals surface area contributed by atoms with Gasteiger partial charge in [-0.2, -0.15) is 23.5 Å². The van der Waals surface area contributed by atoms with Crippen LogP contribution in [0.2, 0.25) is 0 Å². The van der Waals surface area contributed by atoms with E-state index >= 15 is 0 Å².